The maximum absolute atomic E-state index is 11.8. The fraction of sp³-hybridized carbons (Fsp3) is 0.900. The first-order chi connectivity index (χ1) is 6.72. The Kier molecular flexibility index (Phi) is 6.89. The van der Waals surface area contributed by atoms with Crippen LogP contribution in [0.3, 0.4) is 0 Å². The summed E-state index contributed by atoms with van der Waals surface area (Å²) in [5.41, 5.74) is 5.45. The number of carbonyl (C=O) groups excluding carboxylic acids is 1. The molecule has 5 heteroatoms. The number of halogens is 1. The van der Waals surface area contributed by atoms with E-state index in [1.54, 1.807) is 0 Å². The molecule has 1 amide bonds. The Morgan fingerprint density at radius 3 is 2.53 bits per heavy atom. The number of ether oxygens (including phenoxy) is 1. The maximum Gasteiger partial charge on any atom is 0.253 e. The average molecular weight is 237 g/mol. The van der Waals surface area contributed by atoms with Gasteiger partial charge in [-0.2, -0.15) is 0 Å². The molecule has 0 spiro atoms. The zero-order valence-electron chi connectivity index (χ0n) is 9.44. The summed E-state index contributed by atoms with van der Waals surface area (Å²) >= 11 is 0. The minimum atomic E-state index is -0.464. The normalized spacial score (nSPS) is 16.7. The van der Waals surface area contributed by atoms with Gasteiger partial charge in [-0.25, -0.2) is 0 Å². The Labute approximate surface area is 97.5 Å². The largest absolute Gasteiger partial charge is 0.370 e. The molecule has 2 N–H and O–H groups in total. The smallest absolute Gasteiger partial charge is 0.253 e. The molecular weight excluding hydrogens is 216 g/mol. The molecule has 0 radical (unpaired) electrons. The Morgan fingerprint density at radius 2 is 2.20 bits per heavy atom. The van der Waals surface area contributed by atoms with Gasteiger partial charge in [0.2, 0.25) is 0 Å². The number of amides is 1. The van der Waals surface area contributed by atoms with Crippen molar-refractivity contribution in [3.63, 3.8) is 0 Å². The molecule has 1 saturated carbocycles. The molecule has 1 unspecified atom stereocenters. The molecule has 1 atom stereocenters. The minimum absolute atomic E-state index is 0. The van der Waals surface area contributed by atoms with Crippen LogP contribution in [-0.2, 0) is 9.53 Å². The summed E-state index contributed by atoms with van der Waals surface area (Å²) < 4.78 is 5.03. The molecule has 0 aliphatic heterocycles. The van der Waals surface area contributed by atoms with Gasteiger partial charge in [0, 0.05) is 26.7 Å². The second kappa shape index (κ2) is 7.04. The number of methoxy groups -OCH3 is 1. The second-order valence-corrected chi connectivity index (χ2v) is 3.78. The van der Waals surface area contributed by atoms with Crippen LogP contribution < -0.4 is 5.73 Å². The van der Waals surface area contributed by atoms with Crippen LogP contribution in [-0.4, -0.2) is 43.7 Å². The molecule has 1 aliphatic rings. The van der Waals surface area contributed by atoms with E-state index < -0.39 is 6.10 Å². The molecule has 1 aliphatic carbocycles. The fourth-order valence-corrected chi connectivity index (χ4v) is 1.49. The zero-order valence-corrected chi connectivity index (χ0v) is 10.3. The van der Waals surface area contributed by atoms with Crippen molar-refractivity contribution in [2.24, 2.45) is 11.7 Å². The lowest BCUT2D eigenvalue weighted by molar-refractivity contribution is -0.141. The van der Waals surface area contributed by atoms with E-state index in [1.165, 1.54) is 20.0 Å². The lowest BCUT2D eigenvalue weighted by Gasteiger charge is -2.24. The van der Waals surface area contributed by atoms with E-state index in [0.29, 0.717) is 5.92 Å². The van der Waals surface area contributed by atoms with Gasteiger partial charge in [0.15, 0.2) is 0 Å². The summed E-state index contributed by atoms with van der Waals surface area (Å²) in [6.07, 6.45) is 2.04. The van der Waals surface area contributed by atoms with Crippen LogP contribution in [0.2, 0.25) is 0 Å². The van der Waals surface area contributed by atoms with Crippen molar-refractivity contribution < 1.29 is 9.53 Å². The number of rotatable bonds is 6. The van der Waals surface area contributed by atoms with Gasteiger partial charge in [-0.15, -0.1) is 12.4 Å². The van der Waals surface area contributed by atoms with E-state index >= 15 is 0 Å². The molecular formula is C10H21ClN2O2. The van der Waals surface area contributed by atoms with E-state index in [2.05, 4.69) is 0 Å². The molecule has 0 heterocycles. The summed E-state index contributed by atoms with van der Waals surface area (Å²) in [4.78, 5) is 13.7. The first-order valence-electron chi connectivity index (χ1n) is 5.24. The highest BCUT2D eigenvalue weighted by Gasteiger charge is 2.28. The standard InChI is InChI=1S/C10H20N2O2.ClH/c1-3-12(7-8-4-5-8)10(13)9(6-11)14-2;/h8-9H,3-7,11H2,1-2H3;1H. The van der Waals surface area contributed by atoms with E-state index in [4.69, 9.17) is 10.5 Å². The molecule has 15 heavy (non-hydrogen) atoms. The number of likely N-dealkylation sites (N-methyl/N-ethyl adjacent to an activating group) is 1. The molecule has 0 saturated heterocycles. The van der Waals surface area contributed by atoms with Crippen LogP contribution in [0.1, 0.15) is 19.8 Å². The van der Waals surface area contributed by atoms with E-state index in [1.807, 2.05) is 11.8 Å². The van der Waals surface area contributed by atoms with Gasteiger partial charge < -0.3 is 15.4 Å². The molecule has 1 rings (SSSR count). The number of hydrogen-bond donors (Lipinski definition) is 1. The van der Waals surface area contributed by atoms with Crippen LogP contribution in [0.25, 0.3) is 0 Å². The maximum atomic E-state index is 11.8. The third-order valence-electron chi connectivity index (χ3n) is 2.64. The van der Waals surface area contributed by atoms with Gasteiger partial charge in [0.25, 0.3) is 5.91 Å². The number of nitrogens with two attached hydrogens (primary N) is 1. The van der Waals surface area contributed by atoms with Crippen molar-refractivity contribution >= 4 is 18.3 Å². The first-order valence-corrected chi connectivity index (χ1v) is 5.24. The van der Waals surface area contributed by atoms with E-state index in [9.17, 15) is 4.79 Å². The minimum Gasteiger partial charge on any atom is -0.370 e. The average Bonchev–Trinajstić information content (AvgIpc) is 2.99. The van der Waals surface area contributed by atoms with E-state index in [0.717, 1.165) is 13.1 Å². The summed E-state index contributed by atoms with van der Waals surface area (Å²) in [5.74, 6) is 0.749. The molecule has 0 aromatic rings. The van der Waals surface area contributed by atoms with Gasteiger partial charge in [-0.3, -0.25) is 4.79 Å². The molecule has 4 nitrogen and oxygen atoms in total. The number of hydrogen-bond acceptors (Lipinski definition) is 3. The Morgan fingerprint density at radius 1 is 1.60 bits per heavy atom. The lowest BCUT2D eigenvalue weighted by atomic mass is 10.2. The SMILES string of the molecule is CCN(CC1CC1)C(=O)C(CN)OC.Cl. The quantitative estimate of drug-likeness (QED) is 0.737. The topological polar surface area (TPSA) is 55.6 Å². The summed E-state index contributed by atoms with van der Waals surface area (Å²) in [6.45, 7) is 3.87. The van der Waals surface area contributed by atoms with Gasteiger partial charge >= 0.3 is 0 Å². The highest BCUT2D eigenvalue weighted by atomic mass is 35.5. The second-order valence-electron chi connectivity index (χ2n) is 3.78. The third-order valence-corrected chi connectivity index (χ3v) is 2.64. The van der Waals surface area contributed by atoms with Gasteiger partial charge in [-0.05, 0) is 25.7 Å². The first kappa shape index (κ1) is 14.7. The van der Waals surface area contributed by atoms with Crippen LogP contribution in [0.5, 0.6) is 0 Å². The summed E-state index contributed by atoms with van der Waals surface area (Å²) in [6, 6.07) is 0. The molecule has 1 fully saturated rings. The summed E-state index contributed by atoms with van der Waals surface area (Å²) in [5, 5.41) is 0. The van der Waals surface area contributed by atoms with Crippen molar-refractivity contribution in [2.75, 3.05) is 26.7 Å². The highest BCUT2D eigenvalue weighted by molar-refractivity contribution is 5.85. The predicted molar refractivity (Wildman–Crippen MR) is 62.1 cm³/mol. The summed E-state index contributed by atoms with van der Waals surface area (Å²) in [7, 11) is 1.53. The van der Waals surface area contributed by atoms with E-state index in [-0.39, 0.29) is 24.9 Å². The van der Waals surface area contributed by atoms with Gasteiger partial charge in [0.1, 0.15) is 6.10 Å². The van der Waals surface area contributed by atoms with Gasteiger partial charge in [-0.1, -0.05) is 0 Å². The monoisotopic (exact) mass is 236 g/mol. The van der Waals surface area contributed by atoms with Crippen molar-refractivity contribution in [3.05, 3.63) is 0 Å². The fourth-order valence-electron chi connectivity index (χ4n) is 1.49. The zero-order chi connectivity index (χ0) is 10.6. The lowest BCUT2D eigenvalue weighted by Crippen LogP contribution is -2.44. The third kappa shape index (κ3) is 4.36. The molecule has 90 valence electrons. The van der Waals surface area contributed by atoms with Crippen molar-refractivity contribution in [1.29, 1.82) is 0 Å². The van der Waals surface area contributed by atoms with Crippen LogP contribution >= 0.6 is 12.4 Å². The number of nitrogens with zero attached hydrogens (tertiary/aromatic N) is 1. The number of carbonyl (C=O) groups is 1. The molecule has 0 bridgehead atoms. The highest BCUT2D eigenvalue weighted by Crippen LogP contribution is 2.29. The van der Waals surface area contributed by atoms with Crippen LogP contribution in [0.4, 0.5) is 0 Å². The molecule has 0 aromatic carbocycles. The van der Waals surface area contributed by atoms with Crippen LogP contribution in [0, 0.1) is 5.92 Å². The van der Waals surface area contributed by atoms with Crippen molar-refractivity contribution in [2.45, 2.75) is 25.9 Å². The van der Waals surface area contributed by atoms with Crippen LogP contribution in [0.15, 0.2) is 0 Å². The van der Waals surface area contributed by atoms with Crippen molar-refractivity contribution in [1.82, 2.24) is 4.90 Å². The Hall–Kier alpha value is -0.320. The van der Waals surface area contributed by atoms with Gasteiger partial charge in [0.05, 0.1) is 0 Å². The van der Waals surface area contributed by atoms with Crippen molar-refractivity contribution in [3.8, 4) is 0 Å². The predicted octanol–water partition coefficient (Wildman–Crippen LogP) is 0.640. The molecule has 0 aromatic heterocycles. The Balaban J connectivity index is 0.00000196. The Bertz CT molecular complexity index is 194.